The lowest BCUT2D eigenvalue weighted by Gasteiger charge is -2.27. The second-order valence-electron chi connectivity index (χ2n) is 10.6. The van der Waals surface area contributed by atoms with E-state index < -0.39 is 17.7 Å². The van der Waals surface area contributed by atoms with Crippen LogP contribution in [0, 0.1) is 6.92 Å². The molecule has 4 rings (SSSR count). The lowest BCUT2D eigenvalue weighted by atomic mass is 9.93. The Hall–Kier alpha value is -4.30. The van der Waals surface area contributed by atoms with Crippen LogP contribution in [0.2, 0.25) is 0 Å². The highest BCUT2D eigenvalue weighted by molar-refractivity contribution is 6.46. The summed E-state index contributed by atoms with van der Waals surface area (Å²) in [7, 11) is 5.34. The summed E-state index contributed by atoms with van der Waals surface area (Å²) < 4.78 is 17.5. The molecule has 0 aromatic heterocycles. The van der Waals surface area contributed by atoms with Crippen LogP contribution >= 0.6 is 0 Å². The van der Waals surface area contributed by atoms with Crippen molar-refractivity contribution in [2.45, 2.75) is 39.5 Å². The molecule has 0 aliphatic carbocycles. The molecule has 1 unspecified atom stereocenters. The van der Waals surface area contributed by atoms with Crippen LogP contribution < -0.4 is 14.2 Å². The molecule has 1 N–H and O–H groups in total. The van der Waals surface area contributed by atoms with Crippen molar-refractivity contribution in [3.63, 3.8) is 0 Å². The molecule has 8 nitrogen and oxygen atoms in total. The molecule has 216 valence electrons. The summed E-state index contributed by atoms with van der Waals surface area (Å²) in [6.45, 7) is 6.90. The maximum Gasteiger partial charge on any atom is 0.295 e. The van der Waals surface area contributed by atoms with Crippen LogP contribution in [0.5, 0.6) is 17.2 Å². The molecule has 1 saturated heterocycles. The number of ketones is 1. The summed E-state index contributed by atoms with van der Waals surface area (Å²) in [6.07, 6.45) is -0.00880. The first-order chi connectivity index (χ1) is 19.6. The Morgan fingerprint density at radius 1 is 1.00 bits per heavy atom. The maximum atomic E-state index is 13.5. The number of methoxy groups -OCH3 is 1. The molecule has 3 aromatic carbocycles. The molecule has 1 heterocycles. The monoisotopic (exact) mass is 558 g/mol. The topological polar surface area (TPSA) is 88.5 Å². The predicted octanol–water partition coefficient (Wildman–Crippen LogP) is 5.35. The van der Waals surface area contributed by atoms with Crippen LogP contribution in [0.3, 0.4) is 0 Å². The molecule has 1 aliphatic rings. The summed E-state index contributed by atoms with van der Waals surface area (Å²) in [5.41, 5.74) is 2.86. The van der Waals surface area contributed by atoms with Crippen molar-refractivity contribution >= 4 is 17.4 Å². The number of amides is 1. The number of Topliss-reactive ketones (excluding diaryl/α,β-unsaturated/α-hetero) is 1. The standard InChI is InChI=1S/C33H38N2O6/c1-21(2)41-25-13-14-26(22(3)18-25)31(36)29-30(35(17-16-34(4)5)33(38)32(29)37)24-12-15-27(28(19-24)39-6)40-20-23-10-8-7-9-11-23/h7-15,18-19,21,30,36H,16-17,20H2,1-6H3/b31-29+. The van der Waals surface area contributed by atoms with Gasteiger partial charge in [-0.25, -0.2) is 0 Å². The smallest absolute Gasteiger partial charge is 0.295 e. The number of aliphatic hydroxyl groups is 1. The number of hydrogen-bond acceptors (Lipinski definition) is 7. The third-order valence-corrected chi connectivity index (χ3v) is 6.89. The lowest BCUT2D eigenvalue weighted by molar-refractivity contribution is -0.140. The van der Waals surface area contributed by atoms with Gasteiger partial charge in [0.25, 0.3) is 11.7 Å². The van der Waals surface area contributed by atoms with Crippen molar-refractivity contribution in [3.8, 4) is 17.2 Å². The fourth-order valence-electron chi connectivity index (χ4n) is 4.87. The number of carbonyl (C=O) groups is 2. The SMILES string of the molecule is COc1cc(C2/C(=C(\O)c3ccc(OC(C)C)cc3C)C(=O)C(=O)N2CCN(C)C)ccc1OCc1ccccc1. The summed E-state index contributed by atoms with van der Waals surface area (Å²) in [4.78, 5) is 30.2. The van der Waals surface area contributed by atoms with E-state index >= 15 is 0 Å². The van der Waals surface area contributed by atoms with Crippen molar-refractivity contribution in [2.24, 2.45) is 0 Å². The zero-order chi connectivity index (χ0) is 29.7. The largest absolute Gasteiger partial charge is 0.507 e. The van der Waals surface area contributed by atoms with Crippen LogP contribution in [-0.2, 0) is 16.2 Å². The first-order valence-corrected chi connectivity index (χ1v) is 13.7. The van der Waals surface area contributed by atoms with E-state index in [1.807, 2.05) is 82.2 Å². The van der Waals surface area contributed by atoms with Crippen molar-refractivity contribution in [2.75, 3.05) is 34.3 Å². The minimum atomic E-state index is -0.807. The number of hydrogen-bond donors (Lipinski definition) is 1. The third-order valence-electron chi connectivity index (χ3n) is 6.89. The van der Waals surface area contributed by atoms with Crippen LogP contribution in [0.25, 0.3) is 5.76 Å². The number of nitrogens with zero attached hydrogens (tertiary/aromatic N) is 2. The van der Waals surface area contributed by atoms with Gasteiger partial charge in [0.15, 0.2) is 11.5 Å². The summed E-state index contributed by atoms with van der Waals surface area (Å²) in [5, 5.41) is 11.6. The van der Waals surface area contributed by atoms with Crippen molar-refractivity contribution in [3.05, 3.63) is 94.6 Å². The number of ether oxygens (including phenoxy) is 3. The highest BCUT2D eigenvalue weighted by Gasteiger charge is 2.46. The van der Waals surface area contributed by atoms with E-state index in [-0.39, 0.29) is 17.4 Å². The highest BCUT2D eigenvalue weighted by atomic mass is 16.5. The van der Waals surface area contributed by atoms with E-state index in [9.17, 15) is 14.7 Å². The second-order valence-corrected chi connectivity index (χ2v) is 10.6. The lowest BCUT2D eigenvalue weighted by Crippen LogP contribution is -2.35. The van der Waals surface area contributed by atoms with E-state index in [4.69, 9.17) is 14.2 Å². The number of benzene rings is 3. The first kappa shape index (κ1) is 29.7. The average molecular weight is 559 g/mol. The molecule has 1 aliphatic heterocycles. The molecular formula is C33H38N2O6. The van der Waals surface area contributed by atoms with Gasteiger partial charge in [-0.2, -0.15) is 0 Å². The fraction of sp³-hybridized carbons (Fsp3) is 0.333. The van der Waals surface area contributed by atoms with Crippen molar-refractivity contribution in [1.29, 1.82) is 0 Å². The molecule has 1 fully saturated rings. The van der Waals surface area contributed by atoms with Gasteiger partial charge in [0.2, 0.25) is 0 Å². The van der Waals surface area contributed by atoms with Gasteiger partial charge in [0.05, 0.1) is 24.8 Å². The minimum absolute atomic E-state index is 0.00880. The Bertz CT molecular complexity index is 1430. The van der Waals surface area contributed by atoms with Gasteiger partial charge in [-0.05, 0) is 81.9 Å². The van der Waals surface area contributed by atoms with E-state index in [1.54, 1.807) is 31.4 Å². The Balaban J connectivity index is 1.77. The highest BCUT2D eigenvalue weighted by Crippen LogP contribution is 2.42. The van der Waals surface area contributed by atoms with Gasteiger partial charge in [-0.1, -0.05) is 36.4 Å². The predicted molar refractivity (Wildman–Crippen MR) is 158 cm³/mol. The Labute approximate surface area is 241 Å². The third kappa shape index (κ3) is 6.72. The number of carbonyl (C=O) groups excluding carboxylic acids is 2. The molecule has 0 spiro atoms. The van der Waals surface area contributed by atoms with Gasteiger partial charge in [0.1, 0.15) is 18.1 Å². The number of likely N-dealkylation sites (N-methyl/N-ethyl adjacent to an activating group) is 1. The Morgan fingerprint density at radius 3 is 2.37 bits per heavy atom. The number of aliphatic hydroxyl groups excluding tert-OH is 1. The average Bonchev–Trinajstić information content (AvgIpc) is 3.19. The van der Waals surface area contributed by atoms with Crippen LogP contribution in [0.4, 0.5) is 0 Å². The number of likely N-dealkylation sites (tertiary alicyclic amines) is 1. The summed E-state index contributed by atoms with van der Waals surface area (Å²) in [6, 6.07) is 19.6. The van der Waals surface area contributed by atoms with Crippen molar-refractivity contribution in [1.82, 2.24) is 9.80 Å². The molecule has 1 atom stereocenters. The second kappa shape index (κ2) is 12.9. The van der Waals surface area contributed by atoms with Crippen LogP contribution in [-0.4, -0.2) is 67.0 Å². The van der Waals surface area contributed by atoms with E-state index in [0.29, 0.717) is 48.1 Å². The number of rotatable bonds is 11. The molecule has 3 aromatic rings. The van der Waals surface area contributed by atoms with Crippen LogP contribution in [0.1, 0.15) is 42.1 Å². The quantitative estimate of drug-likeness (QED) is 0.193. The first-order valence-electron chi connectivity index (χ1n) is 13.7. The molecule has 1 amide bonds. The van der Waals surface area contributed by atoms with Gasteiger partial charge < -0.3 is 29.1 Å². The van der Waals surface area contributed by atoms with E-state index in [2.05, 4.69) is 0 Å². The van der Waals surface area contributed by atoms with Gasteiger partial charge >= 0.3 is 0 Å². The van der Waals surface area contributed by atoms with Crippen LogP contribution in [0.15, 0.2) is 72.3 Å². The van der Waals surface area contributed by atoms with Gasteiger partial charge in [-0.15, -0.1) is 0 Å². The molecule has 0 bridgehead atoms. The molecule has 41 heavy (non-hydrogen) atoms. The Kier molecular flexibility index (Phi) is 9.35. The molecular weight excluding hydrogens is 520 g/mol. The fourth-order valence-corrected chi connectivity index (χ4v) is 4.87. The molecule has 0 radical (unpaired) electrons. The van der Waals surface area contributed by atoms with E-state index in [0.717, 1.165) is 11.1 Å². The molecule has 8 heteroatoms. The summed E-state index contributed by atoms with van der Waals surface area (Å²) >= 11 is 0. The van der Waals surface area contributed by atoms with Gasteiger partial charge in [-0.3, -0.25) is 9.59 Å². The zero-order valence-corrected chi connectivity index (χ0v) is 24.5. The number of aryl methyl sites for hydroxylation is 1. The normalized spacial score (nSPS) is 16.5. The van der Waals surface area contributed by atoms with Crippen molar-refractivity contribution < 1.29 is 28.9 Å². The minimum Gasteiger partial charge on any atom is -0.507 e. The zero-order valence-electron chi connectivity index (χ0n) is 24.5. The van der Waals surface area contributed by atoms with Gasteiger partial charge in [0, 0.05) is 18.7 Å². The Morgan fingerprint density at radius 2 is 1.73 bits per heavy atom. The summed E-state index contributed by atoms with van der Waals surface area (Å²) in [5.74, 6) is 0.0474. The van der Waals surface area contributed by atoms with E-state index in [1.165, 1.54) is 4.90 Å². The maximum absolute atomic E-state index is 13.5. The molecule has 0 saturated carbocycles.